The van der Waals surface area contributed by atoms with Gasteiger partial charge in [0.1, 0.15) is 16.5 Å². The molecule has 0 bridgehead atoms. The highest BCUT2D eigenvalue weighted by molar-refractivity contribution is 7.09. The third-order valence-corrected chi connectivity index (χ3v) is 5.45. The summed E-state index contributed by atoms with van der Waals surface area (Å²) in [5.41, 5.74) is 2.78. The zero-order chi connectivity index (χ0) is 22.9. The Morgan fingerprint density at radius 3 is 2.31 bits per heavy atom. The first-order valence-electron chi connectivity index (χ1n) is 10.00. The molecule has 2 N–H and O–H groups in total. The third kappa shape index (κ3) is 6.53. The van der Waals surface area contributed by atoms with Gasteiger partial charge in [-0.2, -0.15) is 0 Å². The number of hydrogen-bond donors (Lipinski definition) is 2. The number of rotatable bonds is 9. The minimum Gasteiger partial charge on any atom is -0.497 e. The van der Waals surface area contributed by atoms with Crippen molar-refractivity contribution < 1.29 is 19.1 Å². The minimum absolute atomic E-state index is 0.258. The summed E-state index contributed by atoms with van der Waals surface area (Å²) in [5.74, 6) is 0.418. The number of urea groups is 1. The van der Waals surface area contributed by atoms with E-state index in [1.54, 1.807) is 48.8 Å². The maximum Gasteiger partial charge on any atom is 0.322 e. The molecule has 9 heteroatoms. The van der Waals surface area contributed by atoms with Crippen molar-refractivity contribution in [2.75, 3.05) is 38.0 Å². The smallest absolute Gasteiger partial charge is 0.322 e. The summed E-state index contributed by atoms with van der Waals surface area (Å²) < 4.78 is 10.3. The molecule has 0 saturated carbocycles. The van der Waals surface area contributed by atoms with Gasteiger partial charge in [0, 0.05) is 30.4 Å². The van der Waals surface area contributed by atoms with Gasteiger partial charge >= 0.3 is 6.03 Å². The molecule has 0 spiro atoms. The number of benzene rings is 2. The van der Waals surface area contributed by atoms with Crippen LogP contribution in [0, 0.1) is 6.92 Å². The number of anilines is 2. The van der Waals surface area contributed by atoms with E-state index < -0.39 is 0 Å². The second-order valence-electron chi connectivity index (χ2n) is 7.02. The maximum absolute atomic E-state index is 12.8. The number of nitrogens with one attached hydrogen (secondary N) is 2. The van der Waals surface area contributed by atoms with Crippen LogP contribution in [0.15, 0.2) is 53.9 Å². The van der Waals surface area contributed by atoms with E-state index in [0.29, 0.717) is 41.0 Å². The van der Waals surface area contributed by atoms with Crippen molar-refractivity contribution in [1.82, 2.24) is 9.88 Å². The van der Waals surface area contributed by atoms with Crippen LogP contribution in [0.5, 0.6) is 5.75 Å². The van der Waals surface area contributed by atoms with E-state index in [9.17, 15) is 9.59 Å². The average molecular weight is 455 g/mol. The Morgan fingerprint density at radius 2 is 1.66 bits per heavy atom. The molecule has 0 aliphatic heterocycles. The summed E-state index contributed by atoms with van der Waals surface area (Å²) in [6.07, 6.45) is 0. The van der Waals surface area contributed by atoms with Gasteiger partial charge in [0.05, 0.1) is 20.3 Å². The summed E-state index contributed by atoms with van der Waals surface area (Å²) in [6.45, 7) is 3.00. The molecule has 168 valence electrons. The highest BCUT2D eigenvalue weighted by Gasteiger charge is 2.18. The number of carbonyl (C=O) groups is 2. The van der Waals surface area contributed by atoms with Gasteiger partial charge < -0.3 is 25.0 Å². The molecule has 3 rings (SSSR count). The van der Waals surface area contributed by atoms with E-state index in [1.165, 1.54) is 11.3 Å². The van der Waals surface area contributed by atoms with Crippen molar-refractivity contribution in [3.63, 3.8) is 0 Å². The van der Waals surface area contributed by atoms with Crippen LogP contribution in [0.1, 0.15) is 21.1 Å². The highest BCUT2D eigenvalue weighted by Crippen LogP contribution is 2.18. The average Bonchev–Trinajstić information content (AvgIpc) is 3.27. The normalized spacial score (nSPS) is 10.5. The molecule has 0 aliphatic carbocycles. The lowest BCUT2D eigenvalue weighted by Gasteiger charge is -2.22. The Balaban J connectivity index is 1.64. The molecule has 3 amide bonds. The Hall–Kier alpha value is -3.43. The number of amides is 3. The van der Waals surface area contributed by atoms with Gasteiger partial charge in [-0.1, -0.05) is 17.7 Å². The number of ether oxygens (including phenoxy) is 2. The Bertz CT molecular complexity index is 1030. The van der Waals surface area contributed by atoms with Crippen LogP contribution >= 0.6 is 11.3 Å². The van der Waals surface area contributed by atoms with Crippen LogP contribution < -0.4 is 15.4 Å². The van der Waals surface area contributed by atoms with E-state index in [0.717, 1.165) is 5.56 Å². The number of aryl methyl sites for hydroxylation is 1. The first-order chi connectivity index (χ1) is 15.5. The summed E-state index contributed by atoms with van der Waals surface area (Å²) in [5, 5.41) is 8.04. The van der Waals surface area contributed by atoms with Crippen molar-refractivity contribution in [3.05, 3.63) is 70.2 Å². The first kappa shape index (κ1) is 23.2. The summed E-state index contributed by atoms with van der Waals surface area (Å²) in [7, 11) is 3.17. The zero-order valence-electron chi connectivity index (χ0n) is 18.3. The molecule has 2 aromatic carbocycles. The molecule has 8 nitrogen and oxygen atoms in total. The van der Waals surface area contributed by atoms with Crippen LogP contribution in [0.25, 0.3) is 0 Å². The predicted octanol–water partition coefficient (Wildman–Crippen LogP) is 4.39. The zero-order valence-corrected chi connectivity index (χ0v) is 19.1. The Labute approximate surface area is 191 Å². The molecule has 3 aromatic rings. The lowest BCUT2D eigenvalue weighted by molar-refractivity contribution is 0.102. The van der Waals surface area contributed by atoms with Crippen molar-refractivity contribution in [3.8, 4) is 5.75 Å². The fourth-order valence-corrected chi connectivity index (χ4v) is 3.60. The van der Waals surface area contributed by atoms with Crippen molar-refractivity contribution in [1.29, 1.82) is 0 Å². The van der Waals surface area contributed by atoms with Gasteiger partial charge in [-0.3, -0.25) is 4.79 Å². The molecule has 0 atom stereocenters. The predicted molar refractivity (Wildman–Crippen MR) is 126 cm³/mol. The van der Waals surface area contributed by atoms with Crippen LogP contribution in [-0.4, -0.2) is 49.2 Å². The molecule has 0 radical (unpaired) electrons. The van der Waals surface area contributed by atoms with E-state index in [-0.39, 0.29) is 18.5 Å². The van der Waals surface area contributed by atoms with Crippen LogP contribution in [0.4, 0.5) is 16.2 Å². The fourth-order valence-electron chi connectivity index (χ4n) is 2.81. The quantitative estimate of drug-likeness (QED) is 0.500. The molecule has 32 heavy (non-hydrogen) atoms. The number of methoxy groups -OCH3 is 2. The number of aromatic nitrogens is 1. The summed E-state index contributed by atoms with van der Waals surface area (Å²) >= 11 is 1.33. The molecule has 0 saturated heterocycles. The van der Waals surface area contributed by atoms with Gasteiger partial charge in [0.2, 0.25) is 0 Å². The lowest BCUT2D eigenvalue weighted by atomic mass is 10.2. The maximum atomic E-state index is 12.8. The van der Waals surface area contributed by atoms with Gasteiger partial charge in [-0.15, -0.1) is 11.3 Å². The molecule has 0 fully saturated rings. The van der Waals surface area contributed by atoms with Crippen LogP contribution in [0.3, 0.4) is 0 Å². The number of carbonyl (C=O) groups excluding carboxylic acids is 2. The Kier molecular flexibility index (Phi) is 8.18. The standard InChI is InChI=1S/C23H26N4O4S/c1-16-4-6-17(7-5-16)24-22(28)20-15-32-21(26-20)14-27(12-13-30-2)23(29)25-18-8-10-19(31-3)11-9-18/h4-11,15H,12-14H2,1-3H3,(H,24,28)(H,25,29). The molecule has 1 heterocycles. The van der Waals surface area contributed by atoms with E-state index in [4.69, 9.17) is 9.47 Å². The molecule has 1 aromatic heterocycles. The van der Waals surface area contributed by atoms with Gasteiger partial charge in [-0.05, 0) is 43.3 Å². The second kappa shape index (κ2) is 11.3. The topological polar surface area (TPSA) is 92.8 Å². The molecule has 0 aliphatic rings. The van der Waals surface area contributed by atoms with Crippen molar-refractivity contribution in [2.45, 2.75) is 13.5 Å². The summed E-state index contributed by atoms with van der Waals surface area (Å²) in [6, 6.07) is 14.3. The van der Waals surface area contributed by atoms with E-state index in [1.807, 2.05) is 31.2 Å². The molecular formula is C23H26N4O4S. The number of thiazole rings is 1. The van der Waals surface area contributed by atoms with Crippen LogP contribution in [-0.2, 0) is 11.3 Å². The summed E-state index contributed by atoms with van der Waals surface area (Å²) in [4.78, 5) is 31.3. The highest BCUT2D eigenvalue weighted by atomic mass is 32.1. The first-order valence-corrected chi connectivity index (χ1v) is 10.9. The van der Waals surface area contributed by atoms with Crippen LogP contribution in [0.2, 0.25) is 0 Å². The lowest BCUT2D eigenvalue weighted by Crippen LogP contribution is -2.36. The molecular weight excluding hydrogens is 428 g/mol. The number of hydrogen-bond acceptors (Lipinski definition) is 6. The Morgan fingerprint density at radius 1 is 1.00 bits per heavy atom. The van der Waals surface area contributed by atoms with Gasteiger partial charge in [-0.25, -0.2) is 9.78 Å². The minimum atomic E-state index is -0.289. The van der Waals surface area contributed by atoms with Gasteiger partial charge in [0.25, 0.3) is 5.91 Å². The third-order valence-electron chi connectivity index (χ3n) is 4.61. The van der Waals surface area contributed by atoms with Gasteiger partial charge in [0.15, 0.2) is 0 Å². The number of nitrogens with zero attached hydrogens (tertiary/aromatic N) is 2. The SMILES string of the molecule is COCCN(Cc1nc(C(=O)Nc2ccc(C)cc2)cs1)C(=O)Nc1ccc(OC)cc1. The van der Waals surface area contributed by atoms with E-state index >= 15 is 0 Å². The fraction of sp³-hybridized carbons (Fsp3) is 0.261. The van der Waals surface area contributed by atoms with Crippen molar-refractivity contribution in [2.24, 2.45) is 0 Å². The monoisotopic (exact) mass is 454 g/mol. The van der Waals surface area contributed by atoms with Crippen molar-refractivity contribution >= 4 is 34.6 Å². The molecule has 0 unspecified atom stereocenters. The largest absolute Gasteiger partial charge is 0.497 e. The van der Waals surface area contributed by atoms with E-state index in [2.05, 4.69) is 15.6 Å². The second-order valence-corrected chi connectivity index (χ2v) is 7.96.